The lowest BCUT2D eigenvalue weighted by Crippen LogP contribution is -2.18. The highest BCUT2D eigenvalue weighted by Crippen LogP contribution is 2.45. The van der Waals surface area contributed by atoms with Gasteiger partial charge in [-0.15, -0.1) is 0 Å². The first-order chi connectivity index (χ1) is 8.71. The topological polar surface area (TPSA) is 64.9 Å². The molecule has 0 unspecified atom stereocenters. The van der Waals surface area contributed by atoms with E-state index in [-0.39, 0.29) is 5.41 Å². The third-order valence-electron chi connectivity index (χ3n) is 3.95. The predicted octanol–water partition coefficient (Wildman–Crippen LogP) is 3.15. The molecule has 0 radical (unpaired) electrons. The van der Waals surface area contributed by atoms with Gasteiger partial charge < -0.3 is 10.3 Å². The lowest BCUT2D eigenvalue weighted by molar-refractivity contribution is 0.386. The van der Waals surface area contributed by atoms with Crippen molar-refractivity contribution in [1.29, 1.82) is 0 Å². The first-order valence-electron chi connectivity index (χ1n) is 6.37. The van der Waals surface area contributed by atoms with Crippen LogP contribution in [0.4, 0.5) is 5.88 Å². The van der Waals surface area contributed by atoms with Gasteiger partial charge in [-0.1, -0.05) is 31.0 Å². The fraction of sp³-hybridized carbons (Fsp3) is 0.429. The highest BCUT2D eigenvalue weighted by Gasteiger charge is 2.37. The zero-order chi connectivity index (χ0) is 12.6. The molecule has 18 heavy (non-hydrogen) atoms. The summed E-state index contributed by atoms with van der Waals surface area (Å²) in [5, 5.41) is 4.22. The summed E-state index contributed by atoms with van der Waals surface area (Å²) < 4.78 is 5.23. The Morgan fingerprint density at radius 3 is 2.78 bits per heavy atom. The van der Waals surface area contributed by atoms with Crippen molar-refractivity contribution in [3.8, 4) is 11.1 Å². The van der Waals surface area contributed by atoms with Gasteiger partial charge in [0.15, 0.2) is 0 Å². The maximum atomic E-state index is 5.94. The maximum absolute atomic E-state index is 5.94. The molecule has 2 aromatic heterocycles. The largest absolute Gasteiger partial charge is 0.367 e. The molecule has 94 valence electrons. The Labute approximate surface area is 106 Å². The van der Waals surface area contributed by atoms with Gasteiger partial charge in [0.2, 0.25) is 5.88 Å². The summed E-state index contributed by atoms with van der Waals surface area (Å²) in [4.78, 5) is 4.15. The zero-order valence-corrected chi connectivity index (χ0v) is 10.5. The van der Waals surface area contributed by atoms with Gasteiger partial charge in [-0.25, -0.2) is 0 Å². The Morgan fingerprint density at radius 2 is 2.11 bits per heavy atom. The Bertz CT molecular complexity index is 541. The van der Waals surface area contributed by atoms with E-state index in [1.54, 1.807) is 6.20 Å². The molecule has 4 heteroatoms. The summed E-state index contributed by atoms with van der Waals surface area (Å²) in [7, 11) is 0. The third-order valence-corrected chi connectivity index (χ3v) is 3.95. The van der Waals surface area contributed by atoms with E-state index in [0.29, 0.717) is 5.88 Å². The molecule has 0 aliphatic heterocycles. The molecule has 0 aromatic carbocycles. The fourth-order valence-corrected chi connectivity index (χ4v) is 2.90. The SMILES string of the molecule is CC1(c2noc(N)c2-c2cccnc2)CCCC1. The number of hydrogen-bond donors (Lipinski definition) is 1. The second-order valence-electron chi connectivity index (χ2n) is 5.28. The maximum Gasteiger partial charge on any atom is 0.230 e. The number of pyridine rings is 1. The summed E-state index contributed by atoms with van der Waals surface area (Å²) in [6.45, 7) is 2.25. The van der Waals surface area contributed by atoms with Crippen molar-refractivity contribution in [2.24, 2.45) is 0 Å². The molecule has 1 aliphatic carbocycles. The van der Waals surface area contributed by atoms with Crippen LogP contribution in [0.5, 0.6) is 0 Å². The molecule has 2 N–H and O–H groups in total. The number of nitrogens with zero attached hydrogens (tertiary/aromatic N) is 2. The molecule has 0 amide bonds. The smallest absolute Gasteiger partial charge is 0.230 e. The van der Waals surface area contributed by atoms with Gasteiger partial charge in [-0.3, -0.25) is 4.98 Å². The van der Waals surface area contributed by atoms with Crippen molar-refractivity contribution in [3.05, 3.63) is 30.2 Å². The van der Waals surface area contributed by atoms with Crippen molar-refractivity contribution in [3.63, 3.8) is 0 Å². The minimum Gasteiger partial charge on any atom is -0.367 e. The minimum absolute atomic E-state index is 0.0896. The van der Waals surface area contributed by atoms with Crippen LogP contribution in [0.2, 0.25) is 0 Å². The van der Waals surface area contributed by atoms with E-state index < -0.39 is 0 Å². The second-order valence-corrected chi connectivity index (χ2v) is 5.28. The molecule has 1 aliphatic rings. The van der Waals surface area contributed by atoms with Crippen LogP contribution in [0.3, 0.4) is 0 Å². The van der Waals surface area contributed by atoms with E-state index >= 15 is 0 Å². The van der Waals surface area contributed by atoms with Crippen LogP contribution in [0.1, 0.15) is 38.3 Å². The van der Waals surface area contributed by atoms with Gasteiger partial charge in [-0.05, 0) is 18.9 Å². The Kier molecular flexibility index (Phi) is 2.58. The van der Waals surface area contributed by atoms with Crippen LogP contribution in [0, 0.1) is 0 Å². The molecule has 0 saturated heterocycles. The normalized spacial score (nSPS) is 18.1. The predicted molar refractivity (Wildman–Crippen MR) is 70.0 cm³/mol. The Hall–Kier alpha value is -1.84. The number of rotatable bonds is 2. The van der Waals surface area contributed by atoms with Crippen LogP contribution >= 0.6 is 0 Å². The summed E-state index contributed by atoms with van der Waals surface area (Å²) in [5.74, 6) is 0.395. The summed E-state index contributed by atoms with van der Waals surface area (Å²) in [6, 6.07) is 3.90. The molecule has 1 fully saturated rings. The molecule has 2 heterocycles. The van der Waals surface area contributed by atoms with Crippen LogP contribution in [-0.2, 0) is 5.41 Å². The van der Waals surface area contributed by atoms with Crippen molar-refractivity contribution in [2.45, 2.75) is 38.0 Å². The van der Waals surface area contributed by atoms with Gasteiger partial charge in [0.1, 0.15) is 0 Å². The lowest BCUT2D eigenvalue weighted by atomic mass is 9.82. The van der Waals surface area contributed by atoms with Crippen molar-refractivity contribution < 1.29 is 4.52 Å². The van der Waals surface area contributed by atoms with Crippen molar-refractivity contribution >= 4 is 5.88 Å². The van der Waals surface area contributed by atoms with Gasteiger partial charge in [0, 0.05) is 23.4 Å². The first kappa shape index (κ1) is 11.3. The Morgan fingerprint density at radius 1 is 1.33 bits per heavy atom. The summed E-state index contributed by atoms with van der Waals surface area (Å²) >= 11 is 0. The standard InChI is InChI=1S/C14H17N3O/c1-14(6-2-3-7-14)12-11(13(15)18-17-12)10-5-4-8-16-9-10/h4-5,8-9H,2-3,6-7,15H2,1H3. The number of nitrogens with two attached hydrogens (primary N) is 1. The third kappa shape index (κ3) is 1.68. The molecule has 1 saturated carbocycles. The average Bonchev–Trinajstić information content (AvgIpc) is 2.98. The highest BCUT2D eigenvalue weighted by molar-refractivity contribution is 5.75. The van der Waals surface area contributed by atoms with Crippen LogP contribution in [0.25, 0.3) is 11.1 Å². The van der Waals surface area contributed by atoms with Gasteiger partial charge in [-0.2, -0.15) is 0 Å². The van der Waals surface area contributed by atoms with E-state index in [4.69, 9.17) is 10.3 Å². The van der Waals surface area contributed by atoms with Crippen LogP contribution in [0.15, 0.2) is 29.0 Å². The van der Waals surface area contributed by atoms with E-state index in [1.807, 2.05) is 18.3 Å². The molecule has 4 nitrogen and oxygen atoms in total. The number of aromatic nitrogens is 2. The summed E-state index contributed by atoms with van der Waals surface area (Å²) in [6.07, 6.45) is 8.35. The van der Waals surface area contributed by atoms with Crippen LogP contribution < -0.4 is 5.73 Å². The van der Waals surface area contributed by atoms with Crippen molar-refractivity contribution in [2.75, 3.05) is 5.73 Å². The van der Waals surface area contributed by atoms with E-state index in [1.165, 1.54) is 12.8 Å². The van der Waals surface area contributed by atoms with Crippen molar-refractivity contribution in [1.82, 2.24) is 10.1 Å². The van der Waals surface area contributed by atoms with Gasteiger partial charge in [0.05, 0.1) is 11.3 Å². The lowest BCUT2D eigenvalue weighted by Gasteiger charge is -2.21. The zero-order valence-electron chi connectivity index (χ0n) is 10.5. The molecular formula is C14H17N3O. The van der Waals surface area contributed by atoms with E-state index in [2.05, 4.69) is 17.1 Å². The molecular weight excluding hydrogens is 226 g/mol. The molecule has 0 spiro atoms. The molecule has 0 atom stereocenters. The van der Waals surface area contributed by atoms with Gasteiger partial charge in [0.25, 0.3) is 0 Å². The van der Waals surface area contributed by atoms with Gasteiger partial charge >= 0.3 is 0 Å². The fourth-order valence-electron chi connectivity index (χ4n) is 2.90. The minimum atomic E-state index is 0.0896. The summed E-state index contributed by atoms with van der Waals surface area (Å²) in [5.41, 5.74) is 8.93. The average molecular weight is 243 g/mol. The van der Waals surface area contributed by atoms with Crippen LogP contribution in [-0.4, -0.2) is 10.1 Å². The quantitative estimate of drug-likeness (QED) is 0.880. The number of anilines is 1. The second kappa shape index (κ2) is 4.12. The molecule has 2 aromatic rings. The molecule has 0 bridgehead atoms. The first-order valence-corrected chi connectivity index (χ1v) is 6.37. The highest BCUT2D eigenvalue weighted by atomic mass is 16.5. The van der Waals surface area contributed by atoms with E-state index in [0.717, 1.165) is 29.7 Å². The Balaban J connectivity index is 2.12. The number of hydrogen-bond acceptors (Lipinski definition) is 4. The number of nitrogen functional groups attached to an aromatic ring is 1. The molecule has 3 rings (SSSR count). The van der Waals surface area contributed by atoms with E-state index in [9.17, 15) is 0 Å². The monoisotopic (exact) mass is 243 g/mol.